The fourth-order valence-corrected chi connectivity index (χ4v) is 2.68. The van der Waals surface area contributed by atoms with Gasteiger partial charge in [0.2, 0.25) is 0 Å². The number of carbonyl (C=O) groups is 1. The molecule has 1 aromatic heterocycles. The molecule has 0 aliphatic rings. The Morgan fingerprint density at radius 1 is 1.15 bits per heavy atom. The molecule has 0 unspecified atom stereocenters. The van der Waals surface area contributed by atoms with Crippen molar-refractivity contribution in [1.29, 1.82) is 0 Å². The highest BCUT2D eigenvalue weighted by Gasteiger charge is 2.31. The number of hydrogen-bond acceptors (Lipinski definition) is 3. The number of rotatable bonds is 3. The Morgan fingerprint density at radius 3 is 2.59 bits per heavy atom. The number of hydrogen-bond donors (Lipinski definition) is 1. The zero-order valence-electron chi connectivity index (χ0n) is 14.3. The standard InChI is InChI=1S/C18H14ClF3N4O/c1-10-6-7-13(19)9-15(10)23-17(27)16-11(2)26(25-24-16)14-5-3-4-12(8-14)18(20,21)22/h3-9H,1-2H3,(H,23,27). The Balaban J connectivity index is 1.91. The normalized spacial score (nSPS) is 11.5. The second-order valence-corrected chi connectivity index (χ2v) is 6.33. The number of alkyl halides is 3. The van der Waals surface area contributed by atoms with Crippen LogP contribution in [0.25, 0.3) is 5.69 Å². The second-order valence-electron chi connectivity index (χ2n) is 5.90. The van der Waals surface area contributed by atoms with Crippen LogP contribution in [0.4, 0.5) is 18.9 Å². The van der Waals surface area contributed by atoms with Crippen molar-refractivity contribution in [1.82, 2.24) is 15.0 Å². The van der Waals surface area contributed by atoms with Gasteiger partial charge in [-0.15, -0.1) is 5.10 Å². The van der Waals surface area contributed by atoms with E-state index in [1.54, 1.807) is 32.0 Å². The zero-order chi connectivity index (χ0) is 19.8. The minimum absolute atomic E-state index is 0.00628. The lowest BCUT2D eigenvalue weighted by Gasteiger charge is -2.10. The molecule has 1 amide bonds. The van der Waals surface area contributed by atoms with Crippen molar-refractivity contribution in [3.8, 4) is 5.69 Å². The number of nitrogens with one attached hydrogen (secondary N) is 1. The van der Waals surface area contributed by atoms with Crippen molar-refractivity contribution in [2.24, 2.45) is 0 Å². The minimum atomic E-state index is -4.48. The van der Waals surface area contributed by atoms with E-state index in [9.17, 15) is 18.0 Å². The van der Waals surface area contributed by atoms with Gasteiger partial charge < -0.3 is 5.32 Å². The molecule has 2 aromatic carbocycles. The van der Waals surface area contributed by atoms with E-state index in [4.69, 9.17) is 11.6 Å². The Labute approximate surface area is 157 Å². The molecule has 0 saturated carbocycles. The van der Waals surface area contributed by atoms with Crippen LogP contribution in [0.5, 0.6) is 0 Å². The molecule has 0 atom stereocenters. The third-order valence-corrected chi connectivity index (χ3v) is 4.21. The van der Waals surface area contributed by atoms with Crippen molar-refractivity contribution in [2.75, 3.05) is 5.32 Å². The van der Waals surface area contributed by atoms with E-state index >= 15 is 0 Å². The van der Waals surface area contributed by atoms with Crippen LogP contribution in [0.1, 0.15) is 27.3 Å². The number of benzene rings is 2. The summed E-state index contributed by atoms with van der Waals surface area (Å²) in [6.07, 6.45) is -4.48. The van der Waals surface area contributed by atoms with Gasteiger partial charge in [-0.25, -0.2) is 4.68 Å². The third kappa shape index (κ3) is 3.95. The summed E-state index contributed by atoms with van der Waals surface area (Å²) in [5.74, 6) is -0.531. The molecule has 0 aliphatic carbocycles. The van der Waals surface area contributed by atoms with E-state index in [1.165, 1.54) is 16.8 Å². The fraction of sp³-hybridized carbons (Fsp3) is 0.167. The van der Waals surface area contributed by atoms with Crippen LogP contribution in [0.2, 0.25) is 5.02 Å². The quantitative estimate of drug-likeness (QED) is 0.693. The molecule has 9 heteroatoms. The summed E-state index contributed by atoms with van der Waals surface area (Å²) in [5.41, 5.74) is 0.984. The van der Waals surface area contributed by atoms with Gasteiger partial charge in [-0.3, -0.25) is 4.79 Å². The average molecular weight is 395 g/mol. The molecule has 1 N–H and O–H groups in total. The molecule has 0 aliphatic heterocycles. The van der Waals surface area contributed by atoms with Gasteiger partial charge in [0.25, 0.3) is 5.91 Å². The van der Waals surface area contributed by atoms with Crippen LogP contribution >= 0.6 is 11.6 Å². The number of nitrogens with zero attached hydrogens (tertiary/aromatic N) is 3. The Hall–Kier alpha value is -2.87. The van der Waals surface area contributed by atoms with E-state index < -0.39 is 17.6 Å². The van der Waals surface area contributed by atoms with Gasteiger partial charge in [0.05, 0.1) is 16.9 Å². The summed E-state index contributed by atoms with van der Waals surface area (Å²) >= 11 is 5.94. The summed E-state index contributed by atoms with van der Waals surface area (Å²) in [6, 6.07) is 9.69. The van der Waals surface area contributed by atoms with Crippen molar-refractivity contribution >= 4 is 23.2 Å². The van der Waals surface area contributed by atoms with E-state index in [0.717, 1.165) is 17.7 Å². The van der Waals surface area contributed by atoms with E-state index in [0.29, 0.717) is 16.4 Å². The number of carbonyl (C=O) groups excluding carboxylic acids is 1. The zero-order valence-corrected chi connectivity index (χ0v) is 15.1. The molecule has 0 bridgehead atoms. The van der Waals surface area contributed by atoms with Crippen molar-refractivity contribution < 1.29 is 18.0 Å². The predicted molar refractivity (Wildman–Crippen MR) is 95.2 cm³/mol. The van der Waals surface area contributed by atoms with E-state index in [-0.39, 0.29) is 11.4 Å². The summed E-state index contributed by atoms with van der Waals surface area (Å²) in [7, 11) is 0. The molecule has 0 radical (unpaired) electrons. The SMILES string of the molecule is Cc1ccc(Cl)cc1NC(=O)c1nnn(-c2cccc(C(F)(F)F)c2)c1C. The van der Waals surface area contributed by atoms with Crippen molar-refractivity contribution in [2.45, 2.75) is 20.0 Å². The lowest BCUT2D eigenvalue weighted by atomic mass is 10.2. The molecule has 3 aromatic rings. The van der Waals surface area contributed by atoms with Crippen LogP contribution in [0.15, 0.2) is 42.5 Å². The maximum atomic E-state index is 12.9. The largest absolute Gasteiger partial charge is 0.416 e. The average Bonchev–Trinajstić information content (AvgIpc) is 2.99. The van der Waals surface area contributed by atoms with Crippen LogP contribution < -0.4 is 5.32 Å². The van der Waals surface area contributed by atoms with Gasteiger partial charge >= 0.3 is 6.18 Å². The Bertz CT molecular complexity index is 1010. The van der Waals surface area contributed by atoms with Crippen molar-refractivity contribution in [3.63, 3.8) is 0 Å². The molecule has 27 heavy (non-hydrogen) atoms. The number of aromatic nitrogens is 3. The Morgan fingerprint density at radius 2 is 1.89 bits per heavy atom. The summed E-state index contributed by atoms with van der Waals surface area (Å²) in [5, 5.41) is 10.8. The highest BCUT2D eigenvalue weighted by molar-refractivity contribution is 6.31. The maximum absolute atomic E-state index is 12.9. The van der Waals surface area contributed by atoms with E-state index in [1.807, 2.05) is 0 Å². The van der Waals surface area contributed by atoms with Gasteiger partial charge in [0.1, 0.15) is 0 Å². The fourth-order valence-electron chi connectivity index (χ4n) is 2.51. The lowest BCUT2D eigenvalue weighted by molar-refractivity contribution is -0.137. The number of halogens is 4. The molecular formula is C18H14ClF3N4O. The lowest BCUT2D eigenvalue weighted by Crippen LogP contribution is -2.15. The van der Waals surface area contributed by atoms with Crippen LogP contribution in [0, 0.1) is 13.8 Å². The summed E-state index contributed by atoms with van der Waals surface area (Å²) in [4.78, 5) is 12.5. The van der Waals surface area contributed by atoms with E-state index in [2.05, 4.69) is 15.6 Å². The van der Waals surface area contributed by atoms with Gasteiger partial charge in [0.15, 0.2) is 5.69 Å². The number of aryl methyl sites for hydroxylation is 1. The molecule has 0 spiro atoms. The van der Waals surface area contributed by atoms with Gasteiger partial charge in [-0.1, -0.05) is 28.9 Å². The maximum Gasteiger partial charge on any atom is 0.416 e. The minimum Gasteiger partial charge on any atom is -0.320 e. The second kappa shape index (κ2) is 7.03. The monoisotopic (exact) mass is 394 g/mol. The van der Waals surface area contributed by atoms with Crippen LogP contribution in [-0.4, -0.2) is 20.9 Å². The predicted octanol–water partition coefficient (Wildman–Crippen LogP) is 4.81. The van der Waals surface area contributed by atoms with Gasteiger partial charge in [0, 0.05) is 10.7 Å². The molecule has 0 saturated heterocycles. The smallest absolute Gasteiger partial charge is 0.320 e. The third-order valence-electron chi connectivity index (χ3n) is 3.98. The molecule has 0 fully saturated rings. The molecule has 1 heterocycles. The first-order chi connectivity index (χ1) is 12.7. The summed E-state index contributed by atoms with van der Waals surface area (Å²) in [6.45, 7) is 3.36. The topological polar surface area (TPSA) is 59.8 Å². The first kappa shape index (κ1) is 18.9. The molecule has 140 valence electrons. The molecule has 5 nitrogen and oxygen atoms in total. The Kier molecular flexibility index (Phi) is 4.93. The van der Waals surface area contributed by atoms with Gasteiger partial charge in [-0.2, -0.15) is 13.2 Å². The summed E-state index contributed by atoms with van der Waals surface area (Å²) < 4.78 is 39.9. The molecular weight excluding hydrogens is 381 g/mol. The first-order valence-electron chi connectivity index (χ1n) is 7.84. The van der Waals surface area contributed by atoms with Gasteiger partial charge in [-0.05, 0) is 49.7 Å². The van der Waals surface area contributed by atoms with Crippen LogP contribution in [-0.2, 0) is 6.18 Å². The first-order valence-corrected chi connectivity index (χ1v) is 8.22. The number of anilines is 1. The van der Waals surface area contributed by atoms with Crippen LogP contribution in [0.3, 0.4) is 0 Å². The number of amides is 1. The van der Waals surface area contributed by atoms with Crippen molar-refractivity contribution in [3.05, 3.63) is 70.0 Å². The highest BCUT2D eigenvalue weighted by Crippen LogP contribution is 2.30. The molecule has 3 rings (SSSR count). The highest BCUT2D eigenvalue weighted by atomic mass is 35.5.